The Balaban J connectivity index is 2.05. The zero-order chi connectivity index (χ0) is 13.4. The van der Waals surface area contributed by atoms with Gasteiger partial charge >= 0.3 is 0 Å². The van der Waals surface area contributed by atoms with E-state index in [1.165, 1.54) is 0 Å². The van der Waals surface area contributed by atoms with Gasteiger partial charge in [-0.3, -0.25) is 4.57 Å². The van der Waals surface area contributed by atoms with Gasteiger partial charge in [0.05, 0.1) is 11.8 Å². The van der Waals surface area contributed by atoms with Crippen LogP contribution in [0.1, 0.15) is 38.5 Å². The summed E-state index contributed by atoms with van der Waals surface area (Å²) >= 11 is 0. The van der Waals surface area contributed by atoms with Gasteiger partial charge < -0.3 is 9.47 Å². The van der Waals surface area contributed by atoms with Crippen molar-refractivity contribution in [1.82, 2.24) is 14.8 Å². The molecule has 0 amide bonds. The molecule has 1 atom stereocenters. The predicted octanol–water partition coefficient (Wildman–Crippen LogP) is 2.65. The molecule has 0 aliphatic carbocycles. The van der Waals surface area contributed by atoms with Crippen molar-refractivity contribution in [3.05, 3.63) is 35.9 Å². The second-order valence-electron chi connectivity index (χ2n) is 4.89. The normalized spacial score (nSPS) is 14.7. The van der Waals surface area contributed by atoms with Gasteiger partial charge in [0, 0.05) is 0 Å². The fourth-order valence-corrected chi connectivity index (χ4v) is 2.32. The Morgan fingerprint density at radius 1 is 1.21 bits per heavy atom. The molecule has 5 heteroatoms. The molecule has 1 aliphatic heterocycles. The Morgan fingerprint density at radius 2 is 2.00 bits per heavy atom. The van der Waals surface area contributed by atoms with E-state index < -0.39 is 0 Å². The number of benzene rings is 1. The summed E-state index contributed by atoms with van der Waals surface area (Å²) in [5.74, 6) is 2.49. The third kappa shape index (κ3) is 2.10. The molecule has 0 bridgehead atoms. The molecule has 3 rings (SSSR count). The van der Waals surface area contributed by atoms with Crippen LogP contribution in [0, 0.1) is 0 Å². The summed E-state index contributed by atoms with van der Waals surface area (Å²) in [5.41, 5.74) is 0.975. The Labute approximate surface area is 112 Å². The van der Waals surface area contributed by atoms with Crippen molar-refractivity contribution in [1.29, 1.82) is 0 Å². The molecule has 1 aliphatic rings. The Kier molecular flexibility index (Phi) is 2.98. The third-order valence-corrected chi connectivity index (χ3v) is 3.06. The number of aromatic nitrogens is 3. The Morgan fingerprint density at radius 3 is 2.79 bits per heavy atom. The van der Waals surface area contributed by atoms with Gasteiger partial charge in [-0.25, -0.2) is 0 Å². The van der Waals surface area contributed by atoms with E-state index in [1.807, 2.05) is 49.6 Å². The fraction of sp³-hybridized carbons (Fsp3) is 0.429. The molecular weight excluding hydrogens is 242 g/mol. The summed E-state index contributed by atoms with van der Waals surface area (Å²) in [5, 5.41) is 8.45. The van der Waals surface area contributed by atoms with Crippen molar-refractivity contribution in [3.8, 4) is 11.4 Å². The van der Waals surface area contributed by atoms with E-state index in [9.17, 15) is 0 Å². The zero-order valence-electron chi connectivity index (χ0n) is 11.3. The molecular formula is C14H17N3O2. The molecule has 19 heavy (non-hydrogen) atoms. The summed E-state index contributed by atoms with van der Waals surface area (Å²) < 4.78 is 13.5. The first-order chi connectivity index (χ1) is 9.16. The van der Waals surface area contributed by atoms with Gasteiger partial charge in [0.25, 0.3) is 0 Å². The Hall–Kier alpha value is -1.88. The quantitative estimate of drug-likeness (QED) is 0.850. The first-order valence-electron chi connectivity index (χ1n) is 6.48. The largest absolute Gasteiger partial charge is 0.483 e. The summed E-state index contributed by atoms with van der Waals surface area (Å²) in [6, 6.07) is 7.90. The van der Waals surface area contributed by atoms with E-state index in [-0.39, 0.29) is 12.2 Å². The topological polar surface area (TPSA) is 49.2 Å². The highest BCUT2D eigenvalue weighted by molar-refractivity contribution is 5.49. The number of ether oxygens (including phenoxy) is 2. The SMILES string of the molecule is CC(C)OC(C)c1nnc2n1-c1ccccc1OC2. The van der Waals surface area contributed by atoms with Crippen LogP contribution in [-0.4, -0.2) is 20.9 Å². The molecule has 2 aromatic rings. The lowest BCUT2D eigenvalue weighted by Crippen LogP contribution is -2.18. The lowest BCUT2D eigenvalue weighted by atomic mass is 10.2. The van der Waals surface area contributed by atoms with Crippen molar-refractivity contribution >= 4 is 0 Å². The minimum Gasteiger partial charge on any atom is -0.483 e. The molecule has 1 unspecified atom stereocenters. The molecule has 1 aromatic heterocycles. The van der Waals surface area contributed by atoms with Crippen LogP contribution < -0.4 is 4.74 Å². The van der Waals surface area contributed by atoms with Crippen molar-refractivity contribution in [2.75, 3.05) is 0 Å². The maximum atomic E-state index is 5.81. The first kappa shape index (κ1) is 12.2. The highest BCUT2D eigenvalue weighted by Crippen LogP contribution is 2.32. The smallest absolute Gasteiger partial charge is 0.175 e. The van der Waals surface area contributed by atoms with E-state index >= 15 is 0 Å². The molecule has 5 nitrogen and oxygen atoms in total. The standard InChI is InChI=1S/C14H17N3O2/c1-9(2)19-10(3)14-16-15-13-8-18-12-7-5-4-6-11(12)17(13)14/h4-7,9-10H,8H2,1-3H3. The second-order valence-corrected chi connectivity index (χ2v) is 4.89. The highest BCUT2D eigenvalue weighted by Gasteiger charge is 2.25. The van der Waals surface area contributed by atoms with Crippen LogP contribution in [0.4, 0.5) is 0 Å². The molecule has 0 spiro atoms. The van der Waals surface area contributed by atoms with Gasteiger partial charge in [0.15, 0.2) is 11.6 Å². The predicted molar refractivity (Wildman–Crippen MR) is 70.3 cm³/mol. The lowest BCUT2D eigenvalue weighted by molar-refractivity contribution is 0.0116. The van der Waals surface area contributed by atoms with E-state index in [0.29, 0.717) is 6.61 Å². The highest BCUT2D eigenvalue weighted by atomic mass is 16.5. The minimum atomic E-state index is -0.104. The van der Waals surface area contributed by atoms with Crippen LogP contribution in [0.2, 0.25) is 0 Å². The second kappa shape index (κ2) is 4.66. The fourth-order valence-electron chi connectivity index (χ4n) is 2.32. The summed E-state index contributed by atoms with van der Waals surface area (Å²) in [6.45, 7) is 6.47. The number of para-hydroxylation sites is 2. The summed E-state index contributed by atoms with van der Waals surface area (Å²) in [4.78, 5) is 0. The molecule has 100 valence electrons. The number of hydrogen-bond donors (Lipinski definition) is 0. The number of nitrogens with zero attached hydrogens (tertiary/aromatic N) is 3. The van der Waals surface area contributed by atoms with E-state index in [2.05, 4.69) is 10.2 Å². The van der Waals surface area contributed by atoms with Crippen molar-refractivity contribution < 1.29 is 9.47 Å². The van der Waals surface area contributed by atoms with Crippen molar-refractivity contribution in [2.45, 2.75) is 39.6 Å². The van der Waals surface area contributed by atoms with Crippen LogP contribution in [0.15, 0.2) is 24.3 Å². The van der Waals surface area contributed by atoms with Crippen LogP contribution in [0.3, 0.4) is 0 Å². The average molecular weight is 259 g/mol. The maximum absolute atomic E-state index is 5.81. The van der Waals surface area contributed by atoms with Gasteiger partial charge in [-0.15, -0.1) is 10.2 Å². The lowest BCUT2D eigenvalue weighted by Gasteiger charge is -2.22. The number of rotatable bonds is 3. The molecule has 0 fully saturated rings. The third-order valence-electron chi connectivity index (χ3n) is 3.06. The minimum absolute atomic E-state index is 0.104. The molecule has 0 saturated carbocycles. The molecule has 0 radical (unpaired) electrons. The monoisotopic (exact) mass is 259 g/mol. The van der Waals surface area contributed by atoms with Gasteiger partial charge in [-0.1, -0.05) is 12.1 Å². The van der Waals surface area contributed by atoms with Gasteiger partial charge in [0.2, 0.25) is 0 Å². The van der Waals surface area contributed by atoms with Crippen molar-refractivity contribution in [2.24, 2.45) is 0 Å². The maximum Gasteiger partial charge on any atom is 0.175 e. The average Bonchev–Trinajstić information content (AvgIpc) is 2.82. The van der Waals surface area contributed by atoms with Crippen LogP contribution in [0.25, 0.3) is 5.69 Å². The van der Waals surface area contributed by atoms with E-state index in [4.69, 9.17) is 9.47 Å². The van der Waals surface area contributed by atoms with Gasteiger partial charge in [-0.05, 0) is 32.9 Å². The van der Waals surface area contributed by atoms with Crippen LogP contribution in [0.5, 0.6) is 5.75 Å². The molecule has 1 aromatic carbocycles. The molecule has 0 N–H and O–H groups in total. The first-order valence-corrected chi connectivity index (χ1v) is 6.48. The van der Waals surface area contributed by atoms with Gasteiger partial charge in [0.1, 0.15) is 18.5 Å². The molecule has 2 heterocycles. The van der Waals surface area contributed by atoms with E-state index in [0.717, 1.165) is 23.1 Å². The van der Waals surface area contributed by atoms with Crippen LogP contribution in [-0.2, 0) is 11.3 Å². The summed E-state index contributed by atoms with van der Waals surface area (Å²) in [6.07, 6.45) is 0.0467. The number of hydrogen-bond acceptors (Lipinski definition) is 4. The summed E-state index contributed by atoms with van der Waals surface area (Å²) in [7, 11) is 0. The van der Waals surface area contributed by atoms with E-state index in [1.54, 1.807) is 0 Å². The Bertz CT molecular complexity index is 592. The zero-order valence-corrected chi connectivity index (χ0v) is 11.3. The molecule has 0 saturated heterocycles. The number of fused-ring (bicyclic) bond motifs is 3. The van der Waals surface area contributed by atoms with Gasteiger partial charge in [-0.2, -0.15) is 0 Å². The van der Waals surface area contributed by atoms with Crippen LogP contribution >= 0.6 is 0 Å². The van der Waals surface area contributed by atoms with Crippen molar-refractivity contribution in [3.63, 3.8) is 0 Å².